The van der Waals surface area contributed by atoms with Gasteiger partial charge >= 0.3 is 0 Å². The lowest BCUT2D eigenvalue weighted by Gasteiger charge is -2.29. The first-order chi connectivity index (χ1) is 8.69. The van der Waals surface area contributed by atoms with Crippen molar-refractivity contribution in [2.45, 2.75) is 38.6 Å². The molecule has 0 saturated carbocycles. The Morgan fingerprint density at radius 2 is 1.89 bits per heavy atom. The summed E-state index contributed by atoms with van der Waals surface area (Å²) in [4.78, 5) is 12.1. The number of nitrogens with one attached hydrogen (secondary N) is 2. The summed E-state index contributed by atoms with van der Waals surface area (Å²) < 4.78 is 1.06. The van der Waals surface area contributed by atoms with Crippen molar-refractivity contribution >= 4 is 21.8 Å². The van der Waals surface area contributed by atoms with E-state index in [2.05, 4.69) is 52.5 Å². The van der Waals surface area contributed by atoms with Crippen LogP contribution >= 0.6 is 15.9 Å². The molecule has 19 heavy (non-hydrogen) atoms. The first-order valence-electron chi connectivity index (χ1n) is 6.42. The maximum atomic E-state index is 12.1. The van der Waals surface area contributed by atoms with Gasteiger partial charge in [-0.15, -0.1) is 0 Å². The standard InChI is InChI=1S/C15H23BrN2O/c1-14(2,11-7-6-8-12(16)9-11)10-18-13(19)15(3,4)17-5/h6-9,17H,10H2,1-5H3,(H,18,19). The number of carbonyl (C=O) groups excluding carboxylic acids is 1. The molecular formula is C15H23BrN2O. The molecule has 0 unspecified atom stereocenters. The quantitative estimate of drug-likeness (QED) is 0.873. The van der Waals surface area contributed by atoms with Crippen LogP contribution in [0.1, 0.15) is 33.3 Å². The Hall–Kier alpha value is -0.870. The van der Waals surface area contributed by atoms with Crippen molar-refractivity contribution in [3.63, 3.8) is 0 Å². The molecule has 0 saturated heterocycles. The molecule has 0 radical (unpaired) electrons. The molecule has 1 aromatic carbocycles. The van der Waals surface area contributed by atoms with Gasteiger partial charge in [-0.1, -0.05) is 41.9 Å². The zero-order valence-corrected chi connectivity index (χ0v) is 13.9. The van der Waals surface area contributed by atoms with Crippen molar-refractivity contribution in [3.05, 3.63) is 34.3 Å². The van der Waals surface area contributed by atoms with Crippen molar-refractivity contribution in [1.82, 2.24) is 10.6 Å². The summed E-state index contributed by atoms with van der Waals surface area (Å²) >= 11 is 3.48. The molecule has 0 bridgehead atoms. The number of carbonyl (C=O) groups is 1. The number of amides is 1. The lowest BCUT2D eigenvalue weighted by Crippen LogP contribution is -2.53. The SMILES string of the molecule is CNC(C)(C)C(=O)NCC(C)(C)c1cccc(Br)c1. The average Bonchev–Trinajstić information content (AvgIpc) is 2.36. The minimum Gasteiger partial charge on any atom is -0.354 e. The Labute approximate surface area is 124 Å². The van der Waals surface area contributed by atoms with Crippen LogP contribution in [0.2, 0.25) is 0 Å². The lowest BCUT2D eigenvalue weighted by molar-refractivity contribution is -0.126. The number of halogens is 1. The van der Waals surface area contributed by atoms with Gasteiger partial charge in [0.1, 0.15) is 0 Å². The van der Waals surface area contributed by atoms with Crippen molar-refractivity contribution < 1.29 is 4.79 Å². The van der Waals surface area contributed by atoms with Gasteiger partial charge in [0.25, 0.3) is 0 Å². The van der Waals surface area contributed by atoms with Crippen LogP contribution in [0, 0.1) is 0 Å². The van der Waals surface area contributed by atoms with Gasteiger partial charge in [-0.3, -0.25) is 4.79 Å². The number of benzene rings is 1. The second kappa shape index (κ2) is 6.06. The molecule has 3 nitrogen and oxygen atoms in total. The van der Waals surface area contributed by atoms with E-state index in [-0.39, 0.29) is 11.3 Å². The largest absolute Gasteiger partial charge is 0.354 e. The van der Waals surface area contributed by atoms with Crippen LogP contribution in [0.3, 0.4) is 0 Å². The number of likely N-dealkylation sites (N-methyl/N-ethyl adjacent to an activating group) is 1. The van der Waals surface area contributed by atoms with Crippen LogP contribution in [0.15, 0.2) is 28.7 Å². The van der Waals surface area contributed by atoms with Crippen molar-refractivity contribution in [3.8, 4) is 0 Å². The fraction of sp³-hybridized carbons (Fsp3) is 0.533. The molecule has 4 heteroatoms. The third-order valence-electron chi connectivity index (χ3n) is 3.49. The van der Waals surface area contributed by atoms with E-state index in [4.69, 9.17) is 0 Å². The fourth-order valence-corrected chi connectivity index (χ4v) is 2.05. The summed E-state index contributed by atoms with van der Waals surface area (Å²) in [5, 5.41) is 6.02. The molecule has 0 spiro atoms. The molecular weight excluding hydrogens is 304 g/mol. The molecule has 0 aliphatic heterocycles. The minimum atomic E-state index is -0.548. The lowest BCUT2D eigenvalue weighted by atomic mass is 9.84. The van der Waals surface area contributed by atoms with Crippen LogP contribution in [0.5, 0.6) is 0 Å². The van der Waals surface area contributed by atoms with E-state index in [1.807, 2.05) is 26.0 Å². The molecule has 1 aromatic rings. The zero-order valence-electron chi connectivity index (χ0n) is 12.3. The number of hydrogen-bond acceptors (Lipinski definition) is 2. The molecule has 0 aliphatic carbocycles. The smallest absolute Gasteiger partial charge is 0.239 e. The van der Waals surface area contributed by atoms with Gasteiger partial charge in [0, 0.05) is 16.4 Å². The summed E-state index contributed by atoms with van der Waals surface area (Å²) in [6.07, 6.45) is 0. The van der Waals surface area contributed by atoms with Gasteiger partial charge < -0.3 is 10.6 Å². The van der Waals surface area contributed by atoms with Crippen molar-refractivity contribution in [2.75, 3.05) is 13.6 Å². The highest BCUT2D eigenvalue weighted by Crippen LogP contribution is 2.25. The molecule has 0 fully saturated rings. The summed E-state index contributed by atoms with van der Waals surface area (Å²) in [5.74, 6) is 0.0121. The van der Waals surface area contributed by atoms with Crippen LogP contribution < -0.4 is 10.6 Å². The third-order valence-corrected chi connectivity index (χ3v) is 3.98. The van der Waals surface area contributed by atoms with Gasteiger partial charge in [-0.05, 0) is 38.6 Å². The first-order valence-corrected chi connectivity index (χ1v) is 7.21. The van der Waals surface area contributed by atoms with Gasteiger partial charge in [0.2, 0.25) is 5.91 Å². The molecule has 2 N–H and O–H groups in total. The Bertz CT molecular complexity index is 455. The fourth-order valence-electron chi connectivity index (χ4n) is 1.65. The van der Waals surface area contributed by atoms with Gasteiger partial charge in [0.05, 0.1) is 5.54 Å². The molecule has 0 atom stereocenters. The van der Waals surface area contributed by atoms with Crippen molar-refractivity contribution in [1.29, 1.82) is 0 Å². The monoisotopic (exact) mass is 326 g/mol. The Morgan fingerprint density at radius 1 is 1.26 bits per heavy atom. The highest BCUT2D eigenvalue weighted by molar-refractivity contribution is 9.10. The van der Waals surface area contributed by atoms with Crippen molar-refractivity contribution in [2.24, 2.45) is 0 Å². The van der Waals surface area contributed by atoms with E-state index < -0.39 is 5.54 Å². The first kappa shape index (κ1) is 16.2. The Morgan fingerprint density at radius 3 is 2.42 bits per heavy atom. The van der Waals surface area contributed by atoms with E-state index in [9.17, 15) is 4.79 Å². The topological polar surface area (TPSA) is 41.1 Å². The van der Waals surface area contributed by atoms with Crippen LogP contribution in [-0.4, -0.2) is 25.0 Å². The van der Waals surface area contributed by atoms with Crippen LogP contribution in [0.25, 0.3) is 0 Å². The number of rotatable bonds is 5. The van der Waals surface area contributed by atoms with Crippen LogP contribution in [-0.2, 0) is 10.2 Å². The predicted octanol–water partition coefficient (Wildman–Crippen LogP) is 2.84. The maximum Gasteiger partial charge on any atom is 0.239 e. The van der Waals surface area contributed by atoms with Gasteiger partial charge in [-0.2, -0.15) is 0 Å². The zero-order chi connectivity index (χ0) is 14.7. The minimum absolute atomic E-state index is 0.0121. The van der Waals surface area contributed by atoms with E-state index in [0.29, 0.717) is 6.54 Å². The normalized spacial score (nSPS) is 12.3. The highest BCUT2D eigenvalue weighted by atomic mass is 79.9. The van der Waals surface area contributed by atoms with Crippen LogP contribution in [0.4, 0.5) is 0 Å². The van der Waals surface area contributed by atoms with E-state index >= 15 is 0 Å². The summed E-state index contributed by atoms with van der Waals surface area (Å²) in [5.41, 5.74) is 0.542. The number of hydrogen-bond donors (Lipinski definition) is 2. The molecule has 0 aromatic heterocycles. The van der Waals surface area contributed by atoms with Gasteiger partial charge in [0.15, 0.2) is 0 Å². The summed E-state index contributed by atoms with van der Waals surface area (Å²) in [7, 11) is 1.79. The maximum absolute atomic E-state index is 12.1. The average molecular weight is 327 g/mol. The van der Waals surface area contributed by atoms with E-state index in [0.717, 1.165) is 4.47 Å². The van der Waals surface area contributed by atoms with Gasteiger partial charge in [-0.25, -0.2) is 0 Å². The molecule has 1 amide bonds. The summed E-state index contributed by atoms with van der Waals surface area (Å²) in [6.45, 7) is 8.60. The predicted molar refractivity (Wildman–Crippen MR) is 83.3 cm³/mol. The molecule has 0 aliphatic rings. The Balaban J connectivity index is 2.73. The summed E-state index contributed by atoms with van der Waals surface area (Å²) in [6, 6.07) is 8.19. The molecule has 0 heterocycles. The van der Waals surface area contributed by atoms with E-state index in [1.165, 1.54) is 5.56 Å². The molecule has 106 valence electrons. The second-order valence-electron chi connectivity index (χ2n) is 5.95. The highest BCUT2D eigenvalue weighted by Gasteiger charge is 2.28. The molecule has 1 rings (SSSR count). The third kappa shape index (κ3) is 4.32. The second-order valence-corrected chi connectivity index (χ2v) is 6.87. The van der Waals surface area contributed by atoms with E-state index in [1.54, 1.807) is 7.05 Å². The Kier molecular flexibility index (Phi) is 5.16.